The van der Waals surface area contributed by atoms with E-state index in [0.717, 1.165) is 28.9 Å². The van der Waals surface area contributed by atoms with Crippen molar-refractivity contribution >= 4 is 11.8 Å². The van der Waals surface area contributed by atoms with Crippen molar-refractivity contribution in [1.29, 1.82) is 0 Å². The van der Waals surface area contributed by atoms with Gasteiger partial charge in [0.25, 0.3) is 0 Å². The molecule has 0 unspecified atom stereocenters. The van der Waals surface area contributed by atoms with E-state index < -0.39 is 11.7 Å². The van der Waals surface area contributed by atoms with Crippen molar-refractivity contribution in [3.8, 4) is 17.1 Å². The van der Waals surface area contributed by atoms with Crippen LogP contribution in [0.3, 0.4) is 0 Å². The topological polar surface area (TPSA) is 30.7 Å². The van der Waals surface area contributed by atoms with E-state index in [1.165, 1.54) is 23.9 Å². The van der Waals surface area contributed by atoms with Gasteiger partial charge in [-0.1, -0.05) is 72.4 Å². The van der Waals surface area contributed by atoms with Crippen LogP contribution < -0.4 is 0 Å². The molecular formula is C22H16F3N3S. The Morgan fingerprint density at radius 3 is 2.03 bits per heavy atom. The number of alkyl halides is 3. The van der Waals surface area contributed by atoms with Crippen LogP contribution >= 0.6 is 11.8 Å². The number of halogens is 3. The predicted molar refractivity (Wildman–Crippen MR) is 108 cm³/mol. The van der Waals surface area contributed by atoms with Gasteiger partial charge in [0, 0.05) is 11.3 Å². The van der Waals surface area contributed by atoms with Gasteiger partial charge in [0.2, 0.25) is 0 Å². The van der Waals surface area contributed by atoms with E-state index in [-0.39, 0.29) is 0 Å². The van der Waals surface area contributed by atoms with E-state index in [9.17, 15) is 13.2 Å². The summed E-state index contributed by atoms with van der Waals surface area (Å²) in [7, 11) is 0. The average molecular weight is 411 g/mol. The molecule has 3 aromatic carbocycles. The van der Waals surface area contributed by atoms with Crippen molar-refractivity contribution in [2.45, 2.75) is 17.1 Å². The van der Waals surface area contributed by atoms with E-state index in [1.807, 2.05) is 60.7 Å². The molecule has 1 aromatic heterocycles. The van der Waals surface area contributed by atoms with Gasteiger partial charge in [0.1, 0.15) is 0 Å². The van der Waals surface area contributed by atoms with Gasteiger partial charge in [-0.15, -0.1) is 5.10 Å². The van der Waals surface area contributed by atoms with Gasteiger partial charge >= 0.3 is 6.18 Å². The summed E-state index contributed by atoms with van der Waals surface area (Å²) < 4.78 is 40.0. The molecule has 0 radical (unpaired) electrons. The highest BCUT2D eigenvalue weighted by Crippen LogP contribution is 2.31. The van der Waals surface area contributed by atoms with Crippen LogP contribution in [-0.2, 0) is 11.9 Å². The first-order valence-electron chi connectivity index (χ1n) is 8.87. The van der Waals surface area contributed by atoms with Gasteiger partial charge in [-0.05, 0) is 29.8 Å². The second-order valence-corrected chi connectivity index (χ2v) is 7.26. The van der Waals surface area contributed by atoms with Gasteiger partial charge in [-0.25, -0.2) is 9.67 Å². The molecule has 1 heterocycles. The van der Waals surface area contributed by atoms with Crippen LogP contribution in [0.5, 0.6) is 0 Å². The molecule has 0 aliphatic carbocycles. The van der Waals surface area contributed by atoms with Crippen LogP contribution in [0, 0.1) is 0 Å². The monoisotopic (exact) mass is 411 g/mol. The van der Waals surface area contributed by atoms with Gasteiger partial charge in [-0.3, -0.25) is 0 Å². The van der Waals surface area contributed by atoms with Crippen molar-refractivity contribution in [2.24, 2.45) is 0 Å². The van der Waals surface area contributed by atoms with Crippen LogP contribution in [0.15, 0.2) is 90.1 Å². The lowest BCUT2D eigenvalue weighted by molar-refractivity contribution is -0.137. The number of benzene rings is 3. The zero-order valence-electron chi connectivity index (χ0n) is 15.2. The fraction of sp³-hybridized carbons (Fsp3) is 0.0909. The van der Waals surface area contributed by atoms with Crippen LogP contribution in [0.2, 0.25) is 0 Å². The van der Waals surface area contributed by atoms with E-state index in [1.54, 1.807) is 4.68 Å². The molecule has 4 aromatic rings. The van der Waals surface area contributed by atoms with Gasteiger partial charge in [0.05, 0.1) is 11.3 Å². The van der Waals surface area contributed by atoms with Crippen LogP contribution in [0.25, 0.3) is 17.1 Å². The third-order valence-corrected chi connectivity index (χ3v) is 5.26. The number of para-hydroxylation sites is 1. The largest absolute Gasteiger partial charge is 0.416 e. The number of rotatable bonds is 5. The second kappa shape index (κ2) is 8.13. The first-order valence-corrected chi connectivity index (χ1v) is 9.86. The fourth-order valence-electron chi connectivity index (χ4n) is 2.78. The highest BCUT2D eigenvalue weighted by Gasteiger charge is 2.29. The summed E-state index contributed by atoms with van der Waals surface area (Å²) in [6, 6.07) is 24.5. The Morgan fingerprint density at radius 1 is 0.793 bits per heavy atom. The summed E-state index contributed by atoms with van der Waals surface area (Å²) in [5, 5.41) is 5.32. The molecule has 7 heteroatoms. The summed E-state index contributed by atoms with van der Waals surface area (Å²) in [5.74, 6) is 1.09. The number of thioether (sulfide) groups is 1. The lowest BCUT2D eigenvalue weighted by Gasteiger charge is -2.08. The maximum Gasteiger partial charge on any atom is 0.416 e. The molecule has 0 saturated carbocycles. The smallest absolute Gasteiger partial charge is 0.207 e. The Labute approximate surface area is 170 Å². The molecule has 0 atom stereocenters. The maximum atomic E-state index is 12.7. The Kier molecular flexibility index (Phi) is 5.40. The number of nitrogens with zero attached hydrogens (tertiary/aromatic N) is 3. The summed E-state index contributed by atoms with van der Waals surface area (Å²) in [5.41, 5.74) is 1.91. The molecule has 0 amide bonds. The highest BCUT2D eigenvalue weighted by molar-refractivity contribution is 7.98. The lowest BCUT2D eigenvalue weighted by Crippen LogP contribution is -2.04. The molecular weight excluding hydrogens is 395 g/mol. The lowest BCUT2D eigenvalue weighted by atomic mass is 10.1. The van der Waals surface area contributed by atoms with Gasteiger partial charge in [-0.2, -0.15) is 13.2 Å². The molecule has 4 rings (SSSR count). The molecule has 0 saturated heterocycles. The van der Waals surface area contributed by atoms with Crippen LogP contribution in [0.4, 0.5) is 13.2 Å². The minimum absolute atomic E-state index is 0.484. The quantitative estimate of drug-likeness (QED) is 0.364. The van der Waals surface area contributed by atoms with Crippen molar-refractivity contribution < 1.29 is 13.2 Å². The van der Waals surface area contributed by atoms with Crippen molar-refractivity contribution in [3.63, 3.8) is 0 Å². The third-order valence-electron chi connectivity index (χ3n) is 4.26. The number of aromatic nitrogens is 3. The molecule has 0 aliphatic rings. The fourth-order valence-corrected chi connectivity index (χ4v) is 3.68. The normalized spacial score (nSPS) is 11.6. The summed E-state index contributed by atoms with van der Waals surface area (Å²) in [4.78, 5) is 4.66. The Balaban J connectivity index is 1.61. The van der Waals surface area contributed by atoms with E-state index in [2.05, 4.69) is 10.1 Å². The average Bonchev–Trinajstić information content (AvgIpc) is 3.17. The minimum Gasteiger partial charge on any atom is -0.207 e. The second-order valence-electron chi connectivity index (χ2n) is 6.31. The number of hydrogen-bond acceptors (Lipinski definition) is 3. The molecule has 0 fully saturated rings. The Bertz CT molecular complexity index is 1080. The van der Waals surface area contributed by atoms with Crippen LogP contribution in [-0.4, -0.2) is 14.8 Å². The summed E-state index contributed by atoms with van der Waals surface area (Å²) in [6.45, 7) is 0. The Morgan fingerprint density at radius 2 is 1.41 bits per heavy atom. The van der Waals surface area contributed by atoms with Gasteiger partial charge < -0.3 is 0 Å². The SMILES string of the molecule is FC(F)(F)c1ccc(CSc2nc(-c3ccccc3)nn2-c2ccccc2)cc1. The summed E-state index contributed by atoms with van der Waals surface area (Å²) in [6.07, 6.45) is -4.33. The first kappa shape index (κ1) is 19.3. The minimum atomic E-state index is -4.33. The van der Waals surface area contributed by atoms with Crippen molar-refractivity contribution in [1.82, 2.24) is 14.8 Å². The zero-order chi connectivity index (χ0) is 20.3. The maximum absolute atomic E-state index is 12.7. The van der Waals surface area contributed by atoms with Crippen LogP contribution in [0.1, 0.15) is 11.1 Å². The van der Waals surface area contributed by atoms with Crippen molar-refractivity contribution in [2.75, 3.05) is 0 Å². The van der Waals surface area contributed by atoms with E-state index in [0.29, 0.717) is 16.7 Å². The van der Waals surface area contributed by atoms with E-state index >= 15 is 0 Å². The van der Waals surface area contributed by atoms with Gasteiger partial charge in [0.15, 0.2) is 11.0 Å². The summed E-state index contributed by atoms with van der Waals surface area (Å²) >= 11 is 1.43. The third kappa shape index (κ3) is 4.51. The Hall–Kier alpha value is -3.06. The molecule has 3 nitrogen and oxygen atoms in total. The molecule has 0 bridgehead atoms. The molecule has 0 N–H and O–H groups in total. The van der Waals surface area contributed by atoms with Crippen molar-refractivity contribution in [3.05, 3.63) is 96.1 Å². The molecule has 0 aliphatic heterocycles. The standard InChI is InChI=1S/C22H16F3N3S/c23-22(24,25)18-13-11-16(12-14-18)15-29-21-26-20(17-7-3-1-4-8-17)27-28(21)19-9-5-2-6-10-19/h1-14H,15H2. The predicted octanol–water partition coefficient (Wildman–Crippen LogP) is 6.25. The molecule has 146 valence electrons. The van der Waals surface area contributed by atoms with E-state index in [4.69, 9.17) is 0 Å². The highest BCUT2D eigenvalue weighted by atomic mass is 32.2. The zero-order valence-corrected chi connectivity index (χ0v) is 16.0. The first-order chi connectivity index (χ1) is 14.0. The molecule has 29 heavy (non-hydrogen) atoms. The number of hydrogen-bond donors (Lipinski definition) is 0. The molecule has 0 spiro atoms.